The normalized spacial score (nSPS) is 20.6. The molecule has 4 heteroatoms. The second-order valence-electron chi connectivity index (χ2n) is 6.42. The van der Waals surface area contributed by atoms with E-state index in [0.29, 0.717) is 12.5 Å². The number of fused-ring (bicyclic) bond motifs is 1. The van der Waals surface area contributed by atoms with E-state index in [1.54, 1.807) is 0 Å². The van der Waals surface area contributed by atoms with Crippen LogP contribution in [-0.4, -0.2) is 29.9 Å². The molecule has 2 rings (SSSR count). The Balaban J connectivity index is 1.77. The van der Waals surface area contributed by atoms with Crippen molar-refractivity contribution >= 4 is 15.9 Å². The molecular formula is C16H24BrNO2. The quantitative estimate of drug-likeness (QED) is 0.835. The Kier molecular flexibility index (Phi) is 5.10. The Labute approximate surface area is 129 Å². The standard InChI is InChI=1S/C16H24BrNO2/c1-11(2)8-16(3,19)10-18-9-14-7-12-6-13(17)4-5-15(12)20-14/h4-6,11,14,18-19H,7-10H2,1-3H3. The van der Waals surface area contributed by atoms with Crippen molar-refractivity contribution in [3.8, 4) is 5.75 Å². The van der Waals surface area contributed by atoms with Crippen LogP contribution in [-0.2, 0) is 6.42 Å². The van der Waals surface area contributed by atoms with Crippen LogP contribution in [0.5, 0.6) is 5.75 Å². The zero-order valence-electron chi connectivity index (χ0n) is 12.4. The lowest BCUT2D eigenvalue weighted by molar-refractivity contribution is 0.0366. The second-order valence-corrected chi connectivity index (χ2v) is 7.34. The summed E-state index contributed by atoms with van der Waals surface area (Å²) in [6.45, 7) is 7.51. The van der Waals surface area contributed by atoms with Gasteiger partial charge in [0.15, 0.2) is 0 Å². The molecule has 1 heterocycles. The molecule has 0 bridgehead atoms. The second kappa shape index (κ2) is 6.46. The summed E-state index contributed by atoms with van der Waals surface area (Å²) in [5.74, 6) is 1.48. The highest BCUT2D eigenvalue weighted by atomic mass is 79.9. The van der Waals surface area contributed by atoms with Crippen molar-refractivity contribution in [3.63, 3.8) is 0 Å². The molecule has 1 aliphatic rings. The molecule has 0 radical (unpaired) electrons. The number of nitrogens with one attached hydrogen (secondary N) is 1. The first-order valence-electron chi connectivity index (χ1n) is 7.24. The maximum atomic E-state index is 10.3. The molecule has 2 atom stereocenters. The van der Waals surface area contributed by atoms with Gasteiger partial charge < -0.3 is 15.2 Å². The molecule has 3 nitrogen and oxygen atoms in total. The zero-order chi connectivity index (χ0) is 14.8. The van der Waals surface area contributed by atoms with E-state index in [1.165, 1.54) is 5.56 Å². The van der Waals surface area contributed by atoms with Gasteiger partial charge in [-0.05, 0) is 43.0 Å². The van der Waals surface area contributed by atoms with E-state index >= 15 is 0 Å². The summed E-state index contributed by atoms with van der Waals surface area (Å²) in [5, 5.41) is 13.6. The van der Waals surface area contributed by atoms with Gasteiger partial charge in [-0.25, -0.2) is 0 Å². The van der Waals surface area contributed by atoms with Crippen LogP contribution in [0.1, 0.15) is 32.8 Å². The molecule has 2 unspecified atom stereocenters. The lowest BCUT2D eigenvalue weighted by Crippen LogP contribution is -2.42. The Morgan fingerprint density at radius 1 is 1.50 bits per heavy atom. The van der Waals surface area contributed by atoms with Gasteiger partial charge >= 0.3 is 0 Å². The fraction of sp³-hybridized carbons (Fsp3) is 0.625. The third-order valence-electron chi connectivity index (χ3n) is 3.49. The molecule has 0 aliphatic carbocycles. The van der Waals surface area contributed by atoms with Gasteiger partial charge in [0.25, 0.3) is 0 Å². The minimum atomic E-state index is -0.650. The molecule has 1 aromatic carbocycles. The Morgan fingerprint density at radius 3 is 2.95 bits per heavy atom. The lowest BCUT2D eigenvalue weighted by atomic mass is 9.94. The molecule has 0 spiro atoms. The van der Waals surface area contributed by atoms with Crippen LogP contribution in [0.3, 0.4) is 0 Å². The number of halogens is 1. The average molecular weight is 342 g/mol. The third kappa shape index (κ3) is 4.47. The van der Waals surface area contributed by atoms with Crippen molar-refractivity contribution in [2.45, 2.75) is 45.3 Å². The van der Waals surface area contributed by atoms with Crippen molar-refractivity contribution in [1.82, 2.24) is 5.32 Å². The van der Waals surface area contributed by atoms with E-state index in [9.17, 15) is 5.11 Å². The average Bonchev–Trinajstić information content (AvgIpc) is 2.68. The summed E-state index contributed by atoms with van der Waals surface area (Å²) in [5.41, 5.74) is 0.600. The molecule has 0 amide bonds. The number of aliphatic hydroxyl groups is 1. The monoisotopic (exact) mass is 341 g/mol. The summed E-state index contributed by atoms with van der Waals surface area (Å²) in [6.07, 6.45) is 1.89. The first-order valence-corrected chi connectivity index (χ1v) is 8.03. The SMILES string of the molecule is CC(C)CC(C)(O)CNCC1Cc2cc(Br)ccc2O1. The first kappa shape index (κ1) is 15.8. The number of hydrogen-bond donors (Lipinski definition) is 2. The molecule has 112 valence electrons. The van der Waals surface area contributed by atoms with E-state index in [1.807, 2.05) is 19.1 Å². The summed E-state index contributed by atoms with van der Waals surface area (Å²) in [7, 11) is 0. The Morgan fingerprint density at radius 2 is 2.25 bits per heavy atom. The smallest absolute Gasteiger partial charge is 0.123 e. The van der Waals surface area contributed by atoms with Crippen molar-refractivity contribution in [2.24, 2.45) is 5.92 Å². The summed E-state index contributed by atoms with van der Waals surface area (Å²) >= 11 is 3.48. The molecule has 2 N–H and O–H groups in total. The van der Waals surface area contributed by atoms with Crippen molar-refractivity contribution in [2.75, 3.05) is 13.1 Å². The van der Waals surface area contributed by atoms with Crippen molar-refractivity contribution in [1.29, 1.82) is 0 Å². The maximum Gasteiger partial charge on any atom is 0.123 e. The van der Waals surface area contributed by atoms with Crippen molar-refractivity contribution in [3.05, 3.63) is 28.2 Å². The van der Waals surface area contributed by atoms with Crippen LogP contribution < -0.4 is 10.1 Å². The lowest BCUT2D eigenvalue weighted by Gasteiger charge is -2.26. The topological polar surface area (TPSA) is 41.5 Å². The van der Waals surface area contributed by atoms with E-state index < -0.39 is 5.60 Å². The highest BCUT2D eigenvalue weighted by Gasteiger charge is 2.25. The highest BCUT2D eigenvalue weighted by Crippen LogP contribution is 2.31. The maximum absolute atomic E-state index is 10.3. The van der Waals surface area contributed by atoms with Gasteiger partial charge in [-0.15, -0.1) is 0 Å². The highest BCUT2D eigenvalue weighted by molar-refractivity contribution is 9.10. The van der Waals surface area contributed by atoms with Crippen LogP contribution in [0.2, 0.25) is 0 Å². The minimum Gasteiger partial charge on any atom is -0.488 e. The van der Waals surface area contributed by atoms with Crippen LogP contribution in [0, 0.1) is 5.92 Å². The van der Waals surface area contributed by atoms with Crippen LogP contribution in [0.15, 0.2) is 22.7 Å². The zero-order valence-corrected chi connectivity index (χ0v) is 14.0. The van der Waals surface area contributed by atoms with Crippen LogP contribution >= 0.6 is 15.9 Å². The number of rotatable bonds is 6. The van der Waals surface area contributed by atoms with Crippen molar-refractivity contribution < 1.29 is 9.84 Å². The van der Waals surface area contributed by atoms with E-state index in [2.05, 4.69) is 41.2 Å². The van der Waals surface area contributed by atoms with Gasteiger partial charge in [0.05, 0.1) is 5.60 Å². The first-order chi connectivity index (χ1) is 9.35. The molecule has 1 aliphatic heterocycles. The molecule has 0 fully saturated rings. The summed E-state index contributed by atoms with van der Waals surface area (Å²) < 4.78 is 6.98. The molecule has 0 aromatic heterocycles. The Bertz CT molecular complexity index is 460. The van der Waals surface area contributed by atoms with Gasteiger partial charge in [0.1, 0.15) is 11.9 Å². The minimum absolute atomic E-state index is 0.161. The molecular weight excluding hydrogens is 318 g/mol. The van der Waals surface area contributed by atoms with E-state index in [4.69, 9.17) is 4.74 Å². The third-order valence-corrected chi connectivity index (χ3v) is 3.98. The van der Waals surface area contributed by atoms with Crippen LogP contribution in [0.25, 0.3) is 0 Å². The summed E-state index contributed by atoms with van der Waals surface area (Å²) in [6, 6.07) is 6.13. The molecule has 0 saturated heterocycles. The predicted molar refractivity (Wildman–Crippen MR) is 85.2 cm³/mol. The van der Waals surface area contributed by atoms with E-state index in [-0.39, 0.29) is 6.10 Å². The molecule has 20 heavy (non-hydrogen) atoms. The number of ether oxygens (including phenoxy) is 1. The summed E-state index contributed by atoms with van der Waals surface area (Å²) in [4.78, 5) is 0. The predicted octanol–water partition coefficient (Wildman–Crippen LogP) is 3.14. The Hall–Kier alpha value is -0.580. The largest absolute Gasteiger partial charge is 0.488 e. The van der Waals surface area contributed by atoms with Gasteiger partial charge in [-0.1, -0.05) is 29.8 Å². The number of benzene rings is 1. The van der Waals surface area contributed by atoms with Crippen LogP contribution in [0.4, 0.5) is 0 Å². The van der Waals surface area contributed by atoms with Gasteiger partial charge in [0.2, 0.25) is 0 Å². The fourth-order valence-corrected chi connectivity index (χ4v) is 3.27. The molecule has 0 saturated carbocycles. The van der Waals surface area contributed by atoms with Gasteiger partial charge in [-0.3, -0.25) is 0 Å². The fourth-order valence-electron chi connectivity index (χ4n) is 2.86. The van der Waals surface area contributed by atoms with Gasteiger partial charge in [0, 0.05) is 24.0 Å². The number of hydrogen-bond acceptors (Lipinski definition) is 3. The van der Waals surface area contributed by atoms with E-state index in [0.717, 1.165) is 29.6 Å². The molecule has 1 aromatic rings. The van der Waals surface area contributed by atoms with Gasteiger partial charge in [-0.2, -0.15) is 0 Å².